The first-order chi connectivity index (χ1) is 9.20. The first kappa shape index (κ1) is 26.9. The Bertz CT molecular complexity index is 327. The number of nitrogens with zero attached hydrogens (tertiary/aromatic N) is 2. The van der Waals surface area contributed by atoms with E-state index in [1.807, 2.05) is 0 Å². The molecule has 12 heteroatoms. The quantitative estimate of drug-likeness (QED) is 0.270. The molecule has 0 aromatic heterocycles. The van der Waals surface area contributed by atoms with Crippen LogP contribution in [0.2, 0.25) is 0 Å². The summed E-state index contributed by atoms with van der Waals surface area (Å²) in [5.41, 5.74) is 0. The molecule has 0 aliphatic rings. The summed E-state index contributed by atoms with van der Waals surface area (Å²) in [6, 6.07) is 0. The average molecular weight is 398 g/mol. The van der Waals surface area contributed by atoms with Crippen LogP contribution in [0.5, 0.6) is 0 Å². The monoisotopic (exact) mass is 396 g/mol. The summed E-state index contributed by atoms with van der Waals surface area (Å²) < 4.78 is 0. The molecule has 0 amide bonds. The molecule has 0 saturated heterocycles. The van der Waals surface area contributed by atoms with Crippen LogP contribution in [-0.4, -0.2) is 145 Å². The molecule has 118 valence electrons. The van der Waals surface area contributed by atoms with Gasteiger partial charge >= 0.3 is 75.3 Å². The van der Waals surface area contributed by atoms with Gasteiger partial charge in [-0.15, -0.1) is 0 Å². The number of aliphatic carboxylic acids is 4. The van der Waals surface area contributed by atoms with Crippen molar-refractivity contribution in [2.45, 2.75) is 0 Å². The van der Waals surface area contributed by atoms with Gasteiger partial charge in [0, 0.05) is 32.6 Å². The molecule has 0 spiro atoms. The Morgan fingerprint density at radius 3 is 0.909 bits per heavy atom. The van der Waals surface area contributed by atoms with Crippen LogP contribution in [0.4, 0.5) is 0 Å². The second-order valence-corrected chi connectivity index (χ2v) is 4.00. The van der Waals surface area contributed by atoms with Crippen LogP contribution < -0.4 is 0 Å². The van der Waals surface area contributed by atoms with Crippen molar-refractivity contribution in [1.82, 2.24) is 9.80 Å². The normalized spacial score (nSPS) is 9.73. The Labute approximate surface area is 181 Å². The number of hydrogen-bond donors (Lipinski definition) is 4. The van der Waals surface area contributed by atoms with Gasteiger partial charge in [0.05, 0.1) is 26.2 Å². The predicted molar refractivity (Wildman–Crippen MR) is 70.6 cm³/mol. The predicted octanol–water partition coefficient (Wildman–Crippen LogP) is -2.72. The fraction of sp³-hybridized carbons (Fsp3) is 0.600. The fourth-order valence-electron chi connectivity index (χ4n) is 1.48. The van der Waals surface area contributed by atoms with Gasteiger partial charge in [-0.05, 0) is 0 Å². The number of carboxylic acids is 4. The van der Waals surface area contributed by atoms with Gasteiger partial charge in [0.1, 0.15) is 0 Å². The van der Waals surface area contributed by atoms with Crippen molar-refractivity contribution in [2.75, 3.05) is 39.3 Å². The smallest absolute Gasteiger partial charge is 0 e. The van der Waals surface area contributed by atoms with Gasteiger partial charge in [-0.2, -0.15) is 0 Å². The maximum atomic E-state index is 10.6. The zero-order chi connectivity index (χ0) is 15.7. The summed E-state index contributed by atoms with van der Waals surface area (Å²) in [6.45, 7) is -2.25. The minimum Gasteiger partial charge on any atom is 0 e. The standard InChI is InChI=1S/C10H16N2O8.K.Zn.H/c13-7(14)3-11(4-8(15)16)1-2-12(5-9(17)18)6-10(19)20;;;/h1-6H2,(H,13,14)(H,15,16)(H,17,18)(H,19,20);;;. The summed E-state index contributed by atoms with van der Waals surface area (Å²) in [6.07, 6.45) is 0. The van der Waals surface area contributed by atoms with Crippen molar-refractivity contribution < 1.29 is 59.1 Å². The van der Waals surface area contributed by atoms with Crippen molar-refractivity contribution in [3.8, 4) is 0 Å². The Kier molecular flexibility index (Phi) is 17.9. The van der Waals surface area contributed by atoms with Crippen molar-refractivity contribution in [3.05, 3.63) is 0 Å². The maximum absolute atomic E-state index is 10.6. The van der Waals surface area contributed by atoms with E-state index in [1.165, 1.54) is 0 Å². The van der Waals surface area contributed by atoms with Gasteiger partial charge < -0.3 is 20.4 Å². The molecule has 0 aromatic carbocycles. The van der Waals surface area contributed by atoms with E-state index in [1.54, 1.807) is 0 Å². The SMILES string of the molecule is O=C(O)CN(CCN(CC(=O)O)CC(=O)O)CC(=O)O.[KH].[Zn]. The molecule has 0 saturated carbocycles. The van der Waals surface area contributed by atoms with E-state index in [-0.39, 0.29) is 84.0 Å². The van der Waals surface area contributed by atoms with Crippen LogP contribution in [0.15, 0.2) is 0 Å². The van der Waals surface area contributed by atoms with E-state index in [9.17, 15) is 19.2 Å². The molecular weight excluding hydrogens is 381 g/mol. The van der Waals surface area contributed by atoms with E-state index in [2.05, 4.69) is 0 Å². The fourth-order valence-corrected chi connectivity index (χ4v) is 1.48. The summed E-state index contributed by atoms with van der Waals surface area (Å²) in [4.78, 5) is 44.4. The first-order valence-electron chi connectivity index (χ1n) is 5.52. The third-order valence-electron chi connectivity index (χ3n) is 2.17. The molecule has 0 atom stereocenters. The van der Waals surface area contributed by atoms with Crippen molar-refractivity contribution in [3.63, 3.8) is 0 Å². The number of rotatable bonds is 11. The van der Waals surface area contributed by atoms with E-state index in [0.717, 1.165) is 9.80 Å². The topological polar surface area (TPSA) is 156 Å². The summed E-state index contributed by atoms with van der Waals surface area (Å²) in [7, 11) is 0. The molecule has 0 aliphatic carbocycles. The molecule has 0 aromatic rings. The number of carbonyl (C=O) groups is 4. The third-order valence-corrected chi connectivity index (χ3v) is 2.17. The zero-order valence-corrected chi connectivity index (χ0v) is 14.2. The van der Waals surface area contributed by atoms with Gasteiger partial charge in [-0.1, -0.05) is 0 Å². The van der Waals surface area contributed by atoms with Crippen LogP contribution in [0, 0.1) is 0 Å². The van der Waals surface area contributed by atoms with E-state index >= 15 is 0 Å². The van der Waals surface area contributed by atoms with Crippen LogP contribution in [-0.2, 0) is 38.7 Å². The second-order valence-electron chi connectivity index (χ2n) is 4.00. The van der Waals surface area contributed by atoms with E-state index < -0.39 is 50.1 Å². The van der Waals surface area contributed by atoms with Gasteiger partial charge in [-0.3, -0.25) is 29.0 Å². The maximum Gasteiger partial charge on any atom is 0 e. The zero-order valence-electron chi connectivity index (χ0n) is 11.3. The van der Waals surface area contributed by atoms with Gasteiger partial charge in [0.15, 0.2) is 0 Å². The van der Waals surface area contributed by atoms with Crippen LogP contribution in [0.3, 0.4) is 0 Å². The van der Waals surface area contributed by atoms with E-state index in [4.69, 9.17) is 20.4 Å². The molecule has 22 heavy (non-hydrogen) atoms. The summed E-state index contributed by atoms with van der Waals surface area (Å²) in [5.74, 6) is -4.91. The molecule has 0 aliphatic heterocycles. The first-order valence-corrected chi connectivity index (χ1v) is 5.52. The molecule has 0 unspecified atom stereocenters. The number of carboxylic acid groups (broad SMARTS) is 4. The largest absolute Gasteiger partial charge is 0 e. The molecule has 0 fully saturated rings. The minimum atomic E-state index is -1.23. The summed E-state index contributed by atoms with van der Waals surface area (Å²) in [5, 5.41) is 34.5. The Morgan fingerprint density at radius 1 is 0.591 bits per heavy atom. The van der Waals surface area contributed by atoms with Crippen LogP contribution >= 0.6 is 0 Å². The molecular formula is C10H17KN2O8Zn. The van der Waals surface area contributed by atoms with Crippen LogP contribution in [0.1, 0.15) is 0 Å². The Balaban J connectivity index is -0.00000180. The molecule has 0 radical (unpaired) electrons. The number of hydrogen-bond acceptors (Lipinski definition) is 6. The Morgan fingerprint density at radius 2 is 0.773 bits per heavy atom. The van der Waals surface area contributed by atoms with Crippen molar-refractivity contribution in [2.24, 2.45) is 0 Å². The van der Waals surface area contributed by atoms with Gasteiger partial charge in [-0.25, -0.2) is 0 Å². The minimum absolute atomic E-state index is 0. The molecule has 10 nitrogen and oxygen atoms in total. The van der Waals surface area contributed by atoms with Crippen molar-refractivity contribution >= 4 is 75.3 Å². The van der Waals surface area contributed by atoms with Gasteiger partial charge in [0.2, 0.25) is 0 Å². The average Bonchev–Trinajstić information content (AvgIpc) is 2.22. The van der Waals surface area contributed by atoms with E-state index in [0.29, 0.717) is 0 Å². The molecule has 4 N–H and O–H groups in total. The molecule has 0 bridgehead atoms. The summed E-state index contributed by atoms with van der Waals surface area (Å²) >= 11 is 0. The third kappa shape index (κ3) is 16.4. The second kappa shape index (κ2) is 14.6. The van der Waals surface area contributed by atoms with Crippen molar-refractivity contribution in [1.29, 1.82) is 0 Å². The molecule has 0 heterocycles. The molecule has 0 rings (SSSR count). The Hall–Kier alpha value is 0.0597. The van der Waals surface area contributed by atoms with Gasteiger partial charge in [0.25, 0.3) is 0 Å². The van der Waals surface area contributed by atoms with Crippen LogP contribution in [0.25, 0.3) is 0 Å².